The van der Waals surface area contributed by atoms with Crippen molar-refractivity contribution in [3.8, 4) is 11.1 Å². The second-order valence-corrected chi connectivity index (χ2v) is 7.88. The summed E-state index contributed by atoms with van der Waals surface area (Å²) in [6.45, 7) is 5.53. The number of carbonyl (C=O) groups excluding carboxylic acids is 3. The molecule has 0 spiro atoms. The van der Waals surface area contributed by atoms with Crippen LogP contribution in [0.15, 0.2) is 42.5 Å². The highest BCUT2D eigenvalue weighted by Gasteiger charge is 2.27. The standard InChI is InChI=1S/C22H24N2O4/c1-22(2,3)28-20(26)12-24-15-7-4-13(5-8-15)16-9-6-14-10-17(16)19(25)11-18(23)21(14)27/h4-10,18,24H,11-12,23H2,1-3H3. The van der Waals surface area contributed by atoms with Gasteiger partial charge in [0.25, 0.3) is 0 Å². The second-order valence-electron chi connectivity index (χ2n) is 7.88. The Morgan fingerprint density at radius 2 is 1.71 bits per heavy atom. The number of fused-ring (bicyclic) bond motifs is 2. The molecule has 6 heteroatoms. The molecule has 2 aromatic rings. The van der Waals surface area contributed by atoms with Crippen LogP contribution in [0.5, 0.6) is 0 Å². The molecule has 2 bridgehead atoms. The maximum atomic E-state index is 12.5. The van der Waals surface area contributed by atoms with E-state index in [2.05, 4.69) is 5.32 Å². The lowest BCUT2D eigenvalue weighted by atomic mass is 9.95. The van der Waals surface area contributed by atoms with Crippen LogP contribution in [0.4, 0.5) is 5.69 Å². The van der Waals surface area contributed by atoms with Crippen molar-refractivity contribution in [3.05, 3.63) is 53.6 Å². The number of hydrogen-bond donors (Lipinski definition) is 2. The SMILES string of the molecule is CC(C)(C)OC(=O)CNc1ccc(-c2ccc3cc2C(=O)CC(N)C3=O)cc1. The Balaban J connectivity index is 1.76. The van der Waals surface area contributed by atoms with Gasteiger partial charge in [-0.05, 0) is 50.1 Å². The Bertz CT molecular complexity index is 927. The van der Waals surface area contributed by atoms with Gasteiger partial charge in [0.1, 0.15) is 12.1 Å². The topological polar surface area (TPSA) is 98.5 Å². The van der Waals surface area contributed by atoms with Gasteiger partial charge in [0.15, 0.2) is 11.6 Å². The fourth-order valence-corrected chi connectivity index (χ4v) is 3.12. The van der Waals surface area contributed by atoms with Crippen LogP contribution in [0.3, 0.4) is 0 Å². The molecular formula is C22H24N2O4. The molecule has 1 unspecified atom stereocenters. The number of carbonyl (C=O) groups is 3. The molecule has 0 fully saturated rings. The number of nitrogens with two attached hydrogens (primary N) is 1. The summed E-state index contributed by atoms with van der Waals surface area (Å²) in [6.07, 6.45) is 0.00880. The number of ketones is 2. The van der Waals surface area contributed by atoms with Crippen molar-refractivity contribution in [1.29, 1.82) is 0 Å². The summed E-state index contributed by atoms with van der Waals surface area (Å²) < 4.78 is 5.26. The van der Waals surface area contributed by atoms with Gasteiger partial charge in [-0.3, -0.25) is 14.4 Å². The summed E-state index contributed by atoms with van der Waals surface area (Å²) >= 11 is 0. The zero-order valence-electron chi connectivity index (χ0n) is 16.2. The van der Waals surface area contributed by atoms with E-state index in [1.807, 2.05) is 45.0 Å². The lowest BCUT2D eigenvalue weighted by Crippen LogP contribution is -2.31. The molecular weight excluding hydrogens is 356 g/mol. The minimum absolute atomic E-state index is 0.00880. The molecule has 2 aromatic carbocycles. The second kappa shape index (κ2) is 7.56. The molecule has 1 aliphatic carbocycles. The first-order valence-corrected chi connectivity index (χ1v) is 9.17. The van der Waals surface area contributed by atoms with Gasteiger partial charge in [-0.15, -0.1) is 0 Å². The monoisotopic (exact) mass is 380 g/mol. The zero-order chi connectivity index (χ0) is 20.5. The Hall–Kier alpha value is -2.99. The van der Waals surface area contributed by atoms with Gasteiger partial charge in [-0.1, -0.05) is 24.3 Å². The van der Waals surface area contributed by atoms with E-state index in [9.17, 15) is 14.4 Å². The Kier molecular flexibility index (Phi) is 5.34. The maximum Gasteiger partial charge on any atom is 0.325 e. The van der Waals surface area contributed by atoms with Crippen molar-refractivity contribution < 1.29 is 19.1 Å². The van der Waals surface area contributed by atoms with Gasteiger partial charge in [-0.2, -0.15) is 0 Å². The average Bonchev–Trinajstić information content (AvgIpc) is 2.71. The number of hydrogen-bond acceptors (Lipinski definition) is 6. The van der Waals surface area contributed by atoms with Crippen LogP contribution >= 0.6 is 0 Å². The van der Waals surface area contributed by atoms with Crippen molar-refractivity contribution in [2.75, 3.05) is 11.9 Å². The number of rotatable bonds is 4. The lowest BCUT2D eigenvalue weighted by Gasteiger charge is -2.19. The van der Waals surface area contributed by atoms with Crippen molar-refractivity contribution in [2.45, 2.75) is 38.8 Å². The Labute approximate surface area is 164 Å². The largest absolute Gasteiger partial charge is 0.459 e. The van der Waals surface area contributed by atoms with Crippen molar-refractivity contribution in [3.63, 3.8) is 0 Å². The van der Waals surface area contributed by atoms with Crippen molar-refractivity contribution >= 4 is 23.2 Å². The van der Waals surface area contributed by atoms with Gasteiger partial charge in [0.05, 0.1) is 6.04 Å². The fraction of sp³-hybridized carbons (Fsp3) is 0.318. The number of nitrogens with one attached hydrogen (secondary N) is 1. The highest BCUT2D eigenvalue weighted by molar-refractivity contribution is 6.12. The number of Topliss-reactive ketones (excluding diaryl/α,β-unsaturated/α-hetero) is 2. The molecule has 3 N–H and O–H groups in total. The van der Waals surface area contributed by atoms with E-state index in [0.29, 0.717) is 11.1 Å². The van der Waals surface area contributed by atoms with E-state index in [4.69, 9.17) is 10.5 Å². The predicted molar refractivity (Wildman–Crippen MR) is 107 cm³/mol. The summed E-state index contributed by atoms with van der Waals surface area (Å²) in [4.78, 5) is 36.4. The van der Waals surface area contributed by atoms with Crippen LogP contribution in [-0.4, -0.2) is 35.7 Å². The first-order valence-electron chi connectivity index (χ1n) is 9.17. The van der Waals surface area contributed by atoms with Gasteiger partial charge in [-0.25, -0.2) is 0 Å². The van der Waals surface area contributed by atoms with Gasteiger partial charge < -0.3 is 15.8 Å². The van der Waals surface area contributed by atoms with E-state index in [1.165, 1.54) is 0 Å². The normalized spacial score (nSPS) is 16.5. The Morgan fingerprint density at radius 1 is 1.07 bits per heavy atom. The van der Waals surface area contributed by atoms with E-state index in [1.54, 1.807) is 18.2 Å². The molecule has 3 rings (SSSR count). The minimum Gasteiger partial charge on any atom is -0.459 e. The first kappa shape index (κ1) is 19.8. The highest BCUT2D eigenvalue weighted by Crippen LogP contribution is 2.29. The van der Waals surface area contributed by atoms with Crippen molar-refractivity contribution in [1.82, 2.24) is 0 Å². The summed E-state index contributed by atoms with van der Waals surface area (Å²) in [6, 6.07) is 11.7. The first-order chi connectivity index (χ1) is 13.1. The third-order valence-corrected chi connectivity index (χ3v) is 4.40. The number of benzene rings is 2. The van der Waals surface area contributed by atoms with E-state index in [-0.39, 0.29) is 30.5 Å². The molecule has 28 heavy (non-hydrogen) atoms. The third kappa shape index (κ3) is 4.46. The summed E-state index contributed by atoms with van der Waals surface area (Å²) in [7, 11) is 0. The maximum absolute atomic E-state index is 12.5. The van der Waals surface area contributed by atoms with Crippen LogP contribution in [0.25, 0.3) is 11.1 Å². The molecule has 1 atom stereocenters. The molecule has 0 heterocycles. The molecule has 0 amide bonds. The van der Waals surface area contributed by atoms with Crippen LogP contribution in [0, 0.1) is 0 Å². The zero-order valence-corrected chi connectivity index (χ0v) is 16.2. The molecule has 0 aliphatic heterocycles. The smallest absolute Gasteiger partial charge is 0.325 e. The van der Waals surface area contributed by atoms with Crippen LogP contribution in [0.1, 0.15) is 47.9 Å². The van der Waals surface area contributed by atoms with E-state index in [0.717, 1.165) is 16.8 Å². The van der Waals surface area contributed by atoms with Crippen LogP contribution in [0.2, 0.25) is 0 Å². The average molecular weight is 380 g/mol. The summed E-state index contributed by atoms with van der Waals surface area (Å²) in [5, 5.41) is 3.02. The van der Waals surface area contributed by atoms with Crippen LogP contribution < -0.4 is 11.1 Å². The van der Waals surface area contributed by atoms with Gasteiger partial charge in [0.2, 0.25) is 0 Å². The predicted octanol–water partition coefficient (Wildman–Crippen LogP) is 3.20. The molecule has 146 valence electrons. The quantitative estimate of drug-likeness (QED) is 0.791. The molecule has 1 aliphatic rings. The molecule has 0 saturated heterocycles. The molecule has 0 saturated carbocycles. The lowest BCUT2D eigenvalue weighted by molar-refractivity contribution is -0.152. The van der Waals surface area contributed by atoms with Gasteiger partial charge >= 0.3 is 5.97 Å². The van der Waals surface area contributed by atoms with Gasteiger partial charge in [0, 0.05) is 23.2 Å². The van der Waals surface area contributed by atoms with Crippen LogP contribution in [-0.2, 0) is 9.53 Å². The van der Waals surface area contributed by atoms with Crippen molar-refractivity contribution in [2.24, 2.45) is 5.73 Å². The molecule has 6 nitrogen and oxygen atoms in total. The number of anilines is 1. The number of esters is 1. The fourth-order valence-electron chi connectivity index (χ4n) is 3.12. The van der Waals surface area contributed by atoms with E-state index < -0.39 is 11.6 Å². The molecule has 0 aromatic heterocycles. The summed E-state index contributed by atoms with van der Waals surface area (Å²) in [5.41, 5.74) is 8.63. The van der Waals surface area contributed by atoms with E-state index >= 15 is 0 Å². The third-order valence-electron chi connectivity index (χ3n) is 4.40. The highest BCUT2D eigenvalue weighted by atomic mass is 16.6. The minimum atomic E-state index is -0.792. The number of ether oxygens (including phenoxy) is 1. The molecule has 0 radical (unpaired) electrons. The summed E-state index contributed by atoms with van der Waals surface area (Å²) in [5.74, 6) is -0.679. The Morgan fingerprint density at radius 3 is 2.36 bits per heavy atom.